The summed E-state index contributed by atoms with van der Waals surface area (Å²) in [6.07, 6.45) is -0.462. The monoisotopic (exact) mass is 642 g/mol. The molecule has 3 aromatic rings. The lowest BCUT2D eigenvalue weighted by Gasteiger charge is -2.46. The molecule has 46 heavy (non-hydrogen) atoms. The van der Waals surface area contributed by atoms with Gasteiger partial charge in [0, 0.05) is 38.9 Å². The first kappa shape index (κ1) is 31.5. The molecular weight excluding hydrogens is 608 g/mol. The van der Waals surface area contributed by atoms with E-state index < -0.39 is 35.3 Å². The molecule has 0 aliphatic carbocycles. The number of ether oxygens (including phenoxy) is 2. The molecule has 1 N–H and O–H groups in total. The largest absolute Gasteiger partial charge is 0.495 e. The molecule has 0 bridgehead atoms. The predicted octanol–water partition coefficient (Wildman–Crippen LogP) is 5.71. The van der Waals surface area contributed by atoms with E-state index in [0.29, 0.717) is 24.8 Å². The summed E-state index contributed by atoms with van der Waals surface area (Å²) in [5.74, 6) is -2.91. The fraction of sp³-hybridized carbons (Fsp3) is 0.438. The minimum Gasteiger partial charge on any atom is -0.495 e. The molecule has 10 nitrogen and oxygen atoms in total. The van der Waals surface area contributed by atoms with Crippen molar-refractivity contribution in [1.29, 1.82) is 0 Å². The van der Waals surface area contributed by atoms with Gasteiger partial charge in [-0.1, -0.05) is 12.1 Å². The molecule has 0 unspecified atom stereocenters. The van der Waals surface area contributed by atoms with Gasteiger partial charge >= 0.3 is 6.18 Å². The minimum atomic E-state index is -4.88. The van der Waals surface area contributed by atoms with Gasteiger partial charge in [0.05, 0.1) is 23.9 Å². The van der Waals surface area contributed by atoms with Crippen molar-refractivity contribution in [3.05, 3.63) is 64.6 Å². The summed E-state index contributed by atoms with van der Waals surface area (Å²) >= 11 is 0. The Labute approximate surface area is 263 Å². The third-order valence-electron chi connectivity index (χ3n) is 9.27. The highest BCUT2D eigenvalue weighted by Gasteiger charge is 2.39. The Balaban J connectivity index is 1.24. The van der Waals surface area contributed by atoms with E-state index in [1.165, 1.54) is 24.1 Å². The van der Waals surface area contributed by atoms with Crippen molar-refractivity contribution in [2.75, 3.05) is 52.7 Å². The maximum atomic E-state index is 15.4. The number of amides is 2. The number of hydrogen-bond donors (Lipinski definition) is 1. The Hall–Kier alpha value is -4.46. The number of nitrogens with one attached hydrogen (secondary N) is 1. The molecule has 2 fully saturated rings. The molecule has 2 aromatic carbocycles. The van der Waals surface area contributed by atoms with E-state index in [4.69, 9.17) is 9.47 Å². The van der Waals surface area contributed by atoms with Crippen molar-refractivity contribution in [2.24, 2.45) is 5.41 Å². The highest BCUT2D eigenvalue weighted by molar-refractivity contribution is 6.01. The number of nitrogens with zero attached hydrogens (tertiary/aromatic N) is 5. The van der Waals surface area contributed by atoms with Crippen molar-refractivity contribution in [3.8, 4) is 17.4 Å². The van der Waals surface area contributed by atoms with E-state index >= 15 is 4.39 Å². The van der Waals surface area contributed by atoms with Crippen molar-refractivity contribution in [1.82, 2.24) is 24.7 Å². The van der Waals surface area contributed by atoms with Crippen LogP contribution in [0.15, 0.2) is 36.5 Å². The van der Waals surface area contributed by atoms with E-state index in [2.05, 4.69) is 27.2 Å². The van der Waals surface area contributed by atoms with Gasteiger partial charge in [-0.25, -0.2) is 9.37 Å². The number of anilines is 2. The summed E-state index contributed by atoms with van der Waals surface area (Å²) in [6.45, 7) is 3.39. The Morgan fingerprint density at radius 1 is 1.02 bits per heavy atom. The molecule has 0 radical (unpaired) electrons. The molecule has 0 atom stereocenters. The van der Waals surface area contributed by atoms with E-state index in [1.54, 1.807) is 24.1 Å². The SMILES string of the molecule is COc1cc(C(=O)N2CCC3(CCN(C)CC3)CC2)c(F)cc1Nc1ncc(C(F)(F)F)c(Oc2cccc3c2C(=O)N(C)C3)n1. The van der Waals surface area contributed by atoms with Crippen LogP contribution < -0.4 is 14.8 Å². The van der Waals surface area contributed by atoms with Crippen LogP contribution in [0.1, 0.15) is 57.5 Å². The number of methoxy groups -OCH3 is 1. The van der Waals surface area contributed by atoms with Gasteiger partial charge in [-0.15, -0.1) is 0 Å². The van der Waals surface area contributed by atoms with Crippen molar-refractivity contribution >= 4 is 23.5 Å². The number of benzene rings is 2. The molecule has 1 spiro atoms. The van der Waals surface area contributed by atoms with Gasteiger partial charge in [0.25, 0.3) is 11.8 Å². The number of piperidine rings is 2. The summed E-state index contributed by atoms with van der Waals surface area (Å²) in [5, 5.41) is 2.69. The van der Waals surface area contributed by atoms with Crippen LogP contribution in [-0.4, -0.2) is 83.9 Å². The Morgan fingerprint density at radius 2 is 1.72 bits per heavy atom. The van der Waals surface area contributed by atoms with Gasteiger partial charge in [-0.2, -0.15) is 18.2 Å². The summed E-state index contributed by atoms with van der Waals surface area (Å²) in [6, 6.07) is 6.93. The lowest BCUT2D eigenvalue weighted by atomic mass is 9.71. The third-order valence-corrected chi connectivity index (χ3v) is 9.27. The van der Waals surface area contributed by atoms with Gasteiger partial charge < -0.3 is 29.5 Å². The van der Waals surface area contributed by atoms with Crippen LogP contribution in [-0.2, 0) is 12.7 Å². The number of rotatable bonds is 6. The molecule has 14 heteroatoms. The van der Waals surface area contributed by atoms with Gasteiger partial charge in [-0.3, -0.25) is 9.59 Å². The molecule has 0 saturated carbocycles. The van der Waals surface area contributed by atoms with Gasteiger partial charge in [-0.05, 0) is 68.9 Å². The summed E-state index contributed by atoms with van der Waals surface area (Å²) in [4.78, 5) is 39.1. The van der Waals surface area contributed by atoms with E-state index in [-0.39, 0.29) is 46.2 Å². The summed E-state index contributed by atoms with van der Waals surface area (Å²) in [7, 11) is 5.00. The van der Waals surface area contributed by atoms with E-state index in [1.807, 2.05) is 0 Å². The number of hydrogen-bond acceptors (Lipinski definition) is 8. The molecule has 2 amide bonds. The number of carbonyl (C=O) groups excluding carboxylic acids is 2. The Morgan fingerprint density at radius 3 is 2.39 bits per heavy atom. The number of likely N-dealkylation sites (tertiary alicyclic amines) is 2. The average Bonchev–Trinajstić information content (AvgIpc) is 3.32. The van der Waals surface area contributed by atoms with Crippen molar-refractivity contribution in [2.45, 2.75) is 38.4 Å². The molecule has 3 aliphatic rings. The van der Waals surface area contributed by atoms with Crippen molar-refractivity contribution in [3.63, 3.8) is 0 Å². The maximum absolute atomic E-state index is 15.4. The maximum Gasteiger partial charge on any atom is 0.423 e. The average molecular weight is 643 g/mol. The first-order valence-corrected chi connectivity index (χ1v) is 15.0. The number of fused-ring (bicyclic) bond motifs is 1. The first-order valence-electron chi connectivity index (χ1n) is 15.0. The molecular formula is C32H34F4N6O4. The molecule has 244 valence electrons. The van der Waals surface area contributed by atoms with Crippen LogP contribution in [0.2, 0.25) is 0 Å². The molecule has 1 aromatic heterocycles. The highest BCUT2D eigenvalue weighted by atomic mass is 19.4. The third kappa shape index (κ3) is 6.05. The minimum absolute atomic E-state index is 0.0106. The van der Waals surface area contributed by atoms with Crippen LogP contribution in [0.5, 0.6) is 17.4 Å². The molecule has 4 heterocycles. The normalized spacial score (nSPS) is 18.1. The summed E-state index contributed by atoms with van der Waals surface area (Å²) in [5.41, 5.74) is -0.492. The standard InChI is InChI=1S/C32H34F4N6O4/c1-40-11-7-31(8-12-40)9-13-42(14-10-31)28(43)20-15-25(45-3)23(16-22(20)33)38-30-37-17-21(32(34,35)36)27(39-30)46-24-6-4-5-19-18-41(2)29(44)26(19)24/h4-6,15-17H,7-14,18H2,1-3H3,(H,37,38,39). The van der Waals surface area contributed by atoms with Crippen molar-refractivity contribution < 1.29 is 36.6 Å². The lowest BCUT2D eigenvalue weighted by molar-refractivity contribution is -0.139. The smallest absolute Gasteiger partial charge is 0.423 e. The number of halogens is 4. The van der Waals surface area contributed by atoms with E-state index in [9.17, 15) is 22.8 Å². The second-order valence-corrected chi connectivity index (χ2v) is 12.2. The quantitative estimate of drug-likeness (QED) is 0.342. The van der Waals surface area contributed by atoms with Crippen LogP contribution in [0.25, 0.3) is 0 Å². The molecule has 2 saturated heterocycles. The second-order valence-electron chi connectivity index (χ2n) is 12.2. The highest BCUT2D eigenvalue weighted by Crippen LogP contribution is 2.42. The molecule has 3 aliphatic heterocycles. The predicted molar refractivity (Wildman–Crippen MR) is 160 cm³/mol. The Kier molecular flexibility index (Phi) is 8.25. The zero-order valence-electron chi connectivity index (χ0n) is 25.7. The zero-order chi connectivity index (χ0) is 32.8. The van der Waals surface area contributed by atoms with Crippen LogP contribution in [0, 0.1) is 11.2 Å². The zero-order valence-corrected chi connectivity index (χ0v) is 25.7. The second kappa shape index (κ2) is 12.0. The number of carbonyl (C=O) groups is 2. The first-order chi connectivity index (χ1) is 21.9. The fourth-order valence-electron chi connectivity index (χ4n) is 6.41. The summed E-state index contributed by atoms with van der Waals surface area (Å²) < 4.78 is 68.2. The lowest BCUT2D eigenvalue weighted by Crippen LogP contribution is -2.47. The van der Waals surface area contributed by atoms with Gasteiger partial charge in [0.15, 0.2) is 0 Å². The number of aromatic nitrogens is 2. The van der Waals surface area contributed by atoms with Crippen LogP contribution >= 0.6 is 0 Å². The fourth-order valence-corrected chi connectivity index (χ4v) is 6.41. The van der Waals surface area contributed by atoms with Crippen LogP contribution in [0.3, 0.4) is 0 Å². The van der Waals surface area contributed by atoms with Gasteiger partial charge in [0.1, 0.15) is 22.9 Å². The Bertz CT molecular complexity index is 1660. The van der Waals surface area contributed by atoms with Gasteiger partial charge in [0.2, 0.25) is 11.8 Å². The van der Waals surface area contributed by atoms with Crippen LogP contribution in [0.4, 0.5) is 29.2 Å². The molecule has 6 rings (SSSR count). The van der Waals surface area contributed by atoms with E-state index in [0.717, 1.165) is 44.8 Å². The topological polar surface area (TPSA) is 100 Å². The number of alkyl halides is 3.